The molecule has 0 aliphatic carbocycles. The van der Waals surface area contributed by atoms with E-state index < -0.39 is 23.8 Å². The highest BCUT2D eigenvalue weighted by Gasteiger charge is 2.37. The summed E-state index contributed by atoms with van der Waals surface area (Å²) in [5.74, 6) is -2.00. The molecule has 0 saturated carbocycles. The van der Waals surface area contributed by atoms with Gasteiger partial charge in [-0.3, -0.25) is 14.9 Å². The number of aromatic carboxylic acids is 1. The lowest BCUT2D eigenvalue weighted by molar-refractivity contribution is -0.122. The molecule has 2 N–H and O–H groups in total. The summed E-state index contributed by atoms with van der Waals surface area (Å²) < 4.78 is 16.2. The molecule has 0 bridgehead atoms. The number of ether oxygens (including phenoxy) is 2. The van der Waals surface area contributed by atoms with Crippen molar-refractivity contribution in [3.8, 4) is 11.5 Å². The maximum Gasteiger partial charge on any atom is 0.371 e. The molecule has 0 atom stereocenters. The summed E-state index contributed by atoms with van der Waals surface area (Å²) in [7, 11) is 1.42. The van der Waals surface area contributed by atoms with E-state index in [1.165, 1.54) is 25.3 Å². The summed E-state index contributed by atoms with van der Waals surface area (Å²) in [6.07, 6.45) is 1.36. The number of rotatable bonds is 7. The lowest BCUT2D eigenvalue weighted by atomic mass is 10.0. The second-order valence-corrected chi connectivity index (χ2v) is 8.00. The van der Waals surface area contributed by atoms with Crippen molar-refractivity contribution in [2.75, 3.05) is 12.0 Å². The third-order valence-electron chi connectivity index (χ3n) is 5.59. The minimum atomic E-state index is -1.18. The molecule has 10 heteroatoms. The first-order chi connectivity index (χ1) is 17.2. The standard InChI is InChI=1S/C26H22N2O8/c1-14-4-6-17(10-15(14)2)28-24(30)19(23(29)27-26(28)33)11-16-5-8-20(22(12-16)34-3)35-13-18-7-9-21(36-18)25(31)32/h4-12H,13H2,1-3H3,(H,31,32)(H,27,29,33)/b19-11+. The Labute approximate surface area is 205 Å². The number of carboxylic acids is 1. The maximum absolute atomic E-state index is 13.1. The van der Waals surface area contributed by atoms with Gasteiger partial charge in [0.1, 0.15) is 17.9 Å². The summed E-state index contributed by atoms with van der Waals surface area (Å²) >= 11 is 0. The van der Waals surface area contributed by atoms with E-state index in [1.807, 2.05) is 13.8 Å². The smallest absolute Gasteiger partial charge is 0.371 e. The van der Waals surface area contributed by atoms with Crippen molar-refractivity contribution in [3.05, 3.63) is 82.3 Å². The van der Waals surface area contributed by atoms with E-state index in [1.54, 1.807) is 36.4 Å². The quantitative estimate of drug-likeness (QED) is 0.377. The van der Waals surface area contributed by atoms with E-state index >= 15 is 0 Å². The van der Waals surface area contributed by atoms with Gasteiger partial charge in [-0.15, -0.1) is 0 Å². The Balaban J connectivity index is 1.58. The van der Waals surface area contributed by atoms with E-state index in [4.69, 9.17) is 19.0 Å². The lowest BCUT2D eigenvalue weighted by Crippen LogP contribution is -2.54. The summed E-state index contributed by atoms with van der Waals surface area (Å²) in [6, 6.07) is 11.9. The fourth-order valence-corrected chi connectivity index (χ4v) is 3.54. The summed E-state index contributed by atoms with van der Waals surface area (Å²) in [4.78, 5) is 50.0. The van der Waals surface area contributed by atoms with Crippen LogP contribution in [0, 0.1) is 13.8 Å². The van der Waals surface area contributed by atoms with Gasteiger partial charge in [0, 0.05) is 0 Å². The lowest BCUT2D eigenvalue weighted by Gasteiger charge is -2.26. The predicted molar refractivity (Wildman–Crippen MR) is 128 cm³/mol. The normalized spacial score (nSPS) is 14.7. The molecule has 10 nitrogen and oxygen atoms in total. The fourth-order valence-electron chi connectivity index (χ4n) is 3.54. The van der Waals surface area contributed by atoms with Crippen molar-refractivity contribution in [2.24, 2.45) is 0 Å². The molecule has 0 spiro atoms. The van der Waals surface area contributed by atoms with Gasteiger partial charge in [-0.25, -0.2) is 14.5 Å². The van der Waals surface area contributed by atoms with Crippen LogP contribution < -0.4 is 19.7 Å². The average molecular weight is 490 g/mol. The van der Waals surface area contributed by atoms with Crippen molar-refractivity contribution in [3.63, 3.8) is 0 Å². The van der Waals surface area contributed by atoms with Gasteiger partial charge in [0.15, 0.2) is 11.5 Å². The fraction of sp³-hybridized carbons (Fsp3) is 0.154. The summed E-state index contributed by atoms with van der Waals surface area (Å²) in [5.41, 5.74) is 2.48. The topological polar surface area (TPSA) is 135 Å². The number of aryl methyl sites for hydroxylation is 2. The van der Waals surface area contributed by atoms with Crippen LogP contribution in [0.4, 0.5) is 10.5 Å². The van der Waals surface area contributed by atoms with Gasteiger partial charge in [0.05, 0.1) is 12.8 Å². The number of urea groups is 1. The van der Waals surface area contributed by atoms with Crippen molar-refractivity contribution < 1.29 is 38.2 Å². The number of benzene rings is 2. The number of furan rings is 1. The van der Waals surface area contributed by atoms with Crippen molar-refractivity contribution in [1.82, 2.24) is 5.32 Å². The van der Waals surface area contributed by atoms with Gasteiger partial charge < -0.3 is 19.0 Å². The van der Waals surface area contributed by atoms with Gasteiger partial charge in [0.25, 0.3) is 11.8 Å². The SMILES string of the molecule is COc1cc(/C=C2\C(=O)NC(=O)N(c3ccc(C)c(C)c3)C2=O)ccc1OCc1ccc(C(=O)O)o1. The number of nitrogens with zero attached hydrogens (tertiary/aromatic N) is 1. The Morgan fingerprint density at radius 1 is 1.03 bits per heavy atom. The Morgan fingerprint density at radius 3 is 2.47 bits per heavy atom. The minimum Gasteiger partial charge on any atom is -0.493 e. The summed E-state index contributed by atoms with van der Waals surface area (Å²) in [6.45, 7) is 3.73. The average Bonchev–Trinajstić information content (AvgIpc) is 3.32. The Bertz CT molecular complexity index is 1420. The first-order valence-electron chi connectivity index (χ1n) is 10.8. The zero-order valence-electron chi connectivity index (χ0n) is 19.7. The van der Waals surface area contributed by atoms with Crippen molar-refractivity contribution >= 4 is 35.6 Å². The molecule has 1 aliphatic heterocycles. The van der Waals surface area contributed by atoms with Crippen LogP contribution in [-0.2, 0) is 16.2 Å². The molecule has 0 unspecified atom stereocenters. The van der Waals surface area contributed by atoms with Crippen molar-refractivity contribution in [2.45, 2.75) is 20.5 Å². The predicted octanol–water partition coefficient (Wildman–Crippen LogP) is 3.85. The molecule has 184 valence electrons. The molecule has 0 radical (unpaired) electrons. The van der Waals surface area contributed by atoms with E-state index in [-0.39, 0.29) is 17.9 Å². The molecule has 1 saturated heterocycles. The number of hydrogen-bond donors (Lipinski definition) is 2. The van der Waals surface area contributed by atoms with Crippen molar-refractivity contribution in [1.29, 1.82) is 0 Å². The monoisotopic (exact) mass is 490 g/mol. The molecule has 1 aliphatic rings. The number of carboxylic acid groups (broad SMARTS) is 1. The third kappa shape index (κ3) is 4.83. The molecule has 36 heavy (non-hydrogen) atoms. The van der Waals surface area contributed by atoms with Gasteiger partial charge in [-0.05, 0) is 73.0 Å². The molecular formula is C26H22N2O8. The molecule has 2 aromatic carbocycles. The zero-order valence-corrected chi connectivity index (χ0v) is 19.7. The van der Waals surface area contributed by atoms with Crippen LogP contribution in [0.3, 0.4) is 0 Å². The number of nitrogens with one attached hydrogen (secondary N) is 1. The number of carbonyl (C=O) groups excluding carboxylic acids is 3. The second kappa shape index (κ2) is 9.79. The van der Waals surface area contributed by atoms with E-state index in [0.29, 0.717) is 28.5 Å². The van der Waals surface area contributed by atoms with Crippen LogP contribution >= 0.6 is 0 Å². The number of carbonyl (C=O) groups is 4. The van der Waals surface area contributed by atoms with Gasteiger partial charge >= 0.3 is 12.0 Å². The molecule has 1 fully saturated rings. The minimum absolute atomic E-state index is 0.0436. The number of imide groups is 2. The molecule has 2 heterocycles. The Kier molecular flexibility index (Phi) is 6.60. The molecule has 4 rings (SSSR count). The highest BCUT2D eigenvalue weighted by molar-refractivity contribution is 6.39. The van der Waals surface area contributed by atoms with E-state index in [9.17, 15) is 19.2 Å². The van der Waals surface area contributed by atoms with Gasteiger partial charge in [-0.1, -0.05) is 12.1 Å². The number of hydrogen-bond acceptors (Lipinski definition) is 7. The van der Waals surface area contributed by atoms with Crippen LogP contribution in [0.1, 0.15) is 33.0 Å². The second-order valence-electron chi connectivity index (χ2n) is 8.00. The molecular weight excluding hydrogens is 468 g/mol. The van der Waals surface area contributed by atoms with E-state index in [2.05, 4.69) is 5.32 Å². The highest BCUT2D eigenvalue weighted by Crippen LogP contribution is 2.31. The van der Waals surface area contributed by atoms with Crippen LogP contribution in [0.5, 0.6) is 11.5 Å². The molecule has 4 amide bonds. The van der Waals surface area contributed by atoms with Crippen LogP contribution in [0.2, 0.25) is 0 Å². The van der Waals surface area contributed by atoms with Crippen LogP contribution in [-0.4, -0.2) is 36.0 Å². The van der Waals surface area contributed by atoms with Gasteiger partial charge in [-0.2, -0.15) is 0 Å². The Hall–Kier alpha value is -4.86. The number of barbiturate groups is 1. The maximum atomic E-state index is 13.1. The first kappa shape index (κ1) is 24.3. The number of anilines is 1. The number of amides is 4. The zero-order chi connectivity index (χ0) is 26.0. The number of methoxy groups -OCH3 is 1. The highest BCUT2D eigenvalue weighted by atomic mass is 16.5. The van der Waals surface area contributed by atoms with E-state index in [0.717, 1.165) is 16.0 Å². The van der Waals surface area contributed by atoms with Crippen LogP contribution in [0.15, 0.2) is 58.5 Å². The Morgan fingerprint density at radius 2 is 1.81 bits per heavy atom. The summed E-state index contributed by atoms with van der Waals surface area (Å²) in [5, 5.41) is 11.2. The molecule has 3 aromatic rings. The third-order valence-corrected chi connectivity index (χ3v) is 5.59. The van der Waals surface area contributed by atoms with Gasteiger partial charge in [0.2, 0.25) is 5.76 Å². The van der Waals surface area contributed by atoms with Crippen LogP contribution in [0.25, 0.3) is 6.08 Å². The first-order valence-corrected chi connectivity index (χ1v) is 10.8. The largest absolute Gasteiger partial charge is 0.493 e. The molecule has 1 aromatic heterocycles.